The lowest BCUT2D eigenvalue weighted by atomic mass is 9.60. The van der Waals surface area contributed by atoms with E-state index in [2.05, 4.69) is 23.5 Å². The van der Waals surface area contributed by atoms with Crippen molar-refractivity contribution in [3.63, 3.8) is 0 Å². The highest BCUT2D eigenvalue weighted by Gasteiger charge is 2.17. The molecule has 2 nitrogen and oxygen atoms in total. The van der Waals surface area contributed by atoms with Crippen molar-refractivity contribution in [2.75, 3.05) is 0 Å². The van der Waals surface area contributed by atoms with Gasteiger partial charge in [0.15, 0.2) is 0 Å². The summed E-state index contributed by atoms with van der Waals surface area (Å²) >= 11 is 0. The number of carbonyl (C=O) groups is 1. The van der Waals surface area contributed by atoms with Gasteiger partial charge in [0.05, 0.1) is 0 Å². The van der Waals surface area contributed by atoms with Gasteiger partial charge < -0.3 is 4.72 Å². The average Bonchev–Trinajstić information content (AvgIpc) is 2.23. The fraction of sp³-hybridized carbons (Fsp3) is 0. The van der Waals surface area contributed by atoms with Crippen LogP contribution in [0.5, 0.6) is 0 Å². The minimum absolute atomic E-state index is 0.0983. The summed E-state index contributed by atoms with van der Waals surface area (Å²) in [6, 6.07) is 0. The molecule has 0 fully saturated rings. The van der Waals surface area contributed by atoms with Gasteiger partial charge >= 0.3 is 0 Å². The second-order valence-corrected chi connectivity index (χ2v) is 4.70. The maximum atomic E-state index is 12.1. The number of benzene rings is 1. The van der Waals surface area contributed by atoms with Gasteiger partial charge in [0.2, 0.25) is 21.9 Å². The van der Waals surface area contributed by atoms with Crippen molar-refractivity contribution in [3.05, 3.63) is 5.56 Å². The van der Waals surface area contributed by atoms with E-state index in [-0.39, 0.29) is 5.91 Å². The molecule has 1 amide bonds. The topological polar surface area (TPSA) is 20.3 Å². The monoisotopic (exact) mass is 205 g/mol. The summed E-state index contributed by atoms with van der Waals surface area (Å²) in [5, 5.41) is 0. The lowest BCUT2D eigenvalue weighted by Gasteiger charge is -2.22. The zero-order chi connectivity index (χ0) is 12.6. The molecule has 9 heteroatoms. The molecule has 0 bridgehead atoms. The van der Waals surface area contributed by atoms with Gasteiger partial charge in [-0.2, -0.15) is 0 Å². The third-order valence-corrected chi connectivity index (χ3v) is 3.62. The summed E-state index contributed by atoms with van der Waals surface area (Å²) in [5.74, 6) is 0.0983. The molecule has 0 aliphatic heterocycles. The van der Waals surface area contributed by atoms with Crippen molar-refractivity contribution >= 4 is 88.4 Å². The third kappa shape index (κ3) is 2.00. The van der Waals surface area contributed by atoms with Crippen LogP contribution < -0.4 is 27.3 Å². The van der Waals surface area contributed by atoms with E-state index in [9.17, 15) is 4.79 Å². The second-order valence-electron chi connectivity index (χ2n) is 4.70. The Bertz CT molecular complexity index is 430. The van der Waals surface area contributed by atoms with Crippen molar-refractivity contribution in [1.29, 1.82) is 0 Å². The van der Waals surface area contributed by atoms with Gasteiger partial charge in [-0.1, -0.05) is 10.9 Å². The predicted molar refractivity (Wildman–Crippen MR) is 90.6 cm³/mol. The highest BCUT2D eigenvalue weighted by molar-refractivity contribution is 6.68. The molecule has 0 saturated carbocycles. The molecule has 1 aromatic carbocycles. The smallest absolute Gasteiger partial charge is 0.227 e. The van der Waals surface area contributed by atoms with Gasteiger partial charge in [0.1, 0.15) is 39.2 Å². The maximum Gasteiger partial charge on any atom is 0.227 e. The second kappa shape index (κ2) is 4.56. The molecule has 0 aliphatic rings. The Morgan fingerprint density at radius 2 is 1.06 bits per heavy atom. The minimum atomic E-state index is 0.0983. The summed E-state index contributed by atoms with van der Waals surface area (Å²) in [6.07, 6.45) is 0. The quantitative estimate of drug-likeness (QED) is 0.416. The van der Waals surface area contributed by atoms with E-state index < -0.39 is 0 Å². The van der Waals surface area contributed by atoms with Crippen molar-refractivity contribution in [1.82, 2.24) is 4.72 Å². The molecule has 1 rings (SSSR count). The molecule has 0 aliphatic carbocycles. The Morgan fingerprint density at radius 3 is 1.38 bits per heavy atom. The molecule has 1 aromatic rings. The van der Waals surface area contributed by atoms with E-state index in [4.69, 9.17) is 0 Å². The van der Waals surface area contributed by atoms with Gasteiger partial charge in [-0.3, -0.25) is 4.79 Å². The largest absolute Gasteiger partial charge is 0.439 e. The summed E-state index contributed by atoms with van der Waals surface area (Å²) in [4.78, 5) is 12.1. The Hall–Kier alpha value is -0.855. The molecule has 16 heavy (non-hydrogen) atoms. The van der Waals surface area contributed by atoms with Crippen LogP contribution >= 0.6 is 0 Å². The third-order valence-electron chi connectivity index (χ3n) is 3.62. The van der Waals surface area contributed by atoms with Crippen LogP contribution in [-0.2, 0) is 0 Å². The van der Waals surface area contributed by atoms with Crippen molar-refractivity contribution in [2.45, 2.75) is 0 Å². The number of amides is 1. The summed E-state index contributed by atoms with van der Waals surface area (Å²) < 4.78 is 1.64. The van der Waals surface area contributed by atoms with Gasteiger partial charge in [0.25, 0.3) is 0 Å². The van der Waals surface area contributed by atoms with E-state index >= 15 is 0 Å². The normalized spacial score (nSPS) is 10.0. The highest BCUT2D eigenvalue weighted by Crippen LogP contribution is 1.90. The van der Waals surface area contributed by atoms with Crippen LogP contribution in [0.3, 0.4) is 0 Å². The Balaban J connectivity index is 3.58. The SMILES string of the molecule is Bc1c(B)c(B)c(C(=O)N(B)B)c(B)c1B. The van der Waals surface area contributed by atoms with E-state index in [0.717, 1.165) is 16.5 Å². The fourth-order valence-corrected chi connectivity index (χ4v) is 2.04. The van der Waals surface area contributed by atoms with Crippen LogP contribution in [0.2, 0.25) is 0 Å². The van der Waals surface area contributed by atoms with Crippen LogP contribution in [0, 0.1) is 0 Å². The Kier molecular flexibility index (Phi) is 3.77. The summed E-state index contributed by atoms with van der Waals surface area (Å²) in [6.45, 7) is 0. The Labute approximate surface area is 104 Å². The molecule has 0 radical (unpaired) electrons. The van der Waals surface area contributed by atoms with E-state index in [1.54, 1.807) is 20.7 Å². The fourth-order valence-electron chi connectivity index (χ4n) is 2.04. The van der Waals surface area contributed by atoms with Gasteiger partial charge in [-0.15, -0.1) is 16.4 Å². The highest BCUT2D eigenvalue weighted by atomic mass is 16.2. The first-order chi connectivity index (χ1) is 7.29. The summed E-state index contributed by atoms with van der Waals surface area (Å²) in [7, 11) is 14.0. The summed E-state index contributed by atoms with van der Waals surface area (Å²) in [5.41, 5.74) is 6.84. The van der Waals surface area contributed by atoms with E-state index in [1.165, 1.54) is 16.4 Å². The number of nitrogens with zero attached hydrogens (tertiary/aromatic N) is 1. The number of hydrogen-bond acceptors (Lipinski definition) is 1. The van der Waals surface area contributed by atoms with E-state index in [1.807, 2.05) is 15.7 Å². The lowest BCUT2D eigenvalue weighted by Crippen LogP contribution is -2.58. The molecular formula is C7H14B7NO. The first-order valence-corrected chi connectivity index (χ1v) is 5.57. The van der Waals surface area contributed by atoms with E-state index in [0.29, 0.717) is 0 Å². The van der Waals surface area contributed by atoms with Crippen molar-refractivity contribution in [3.8, 4) is 0 Å². The molecule has 74 valence electrons. The molecule has 0 aromatic heterocycles. The molecule has 0 N–H and O–H groups in total. The lowest BCUT2D eigenvalue weighted by molar-refractivity contribution is 0.0925. The van der Waals surface area contributed by atoms with Gasteiger partial charge in [-0.05, 0) is 0 Å². The zero-order valence-corrected chi connectivity index (χ0v) is 11.4. The molecule has 0 unspecified atom stereocenters. The molecule has 0 atom stereocenters. The van der Waals surface area contributed by atoms with Crippen LogP contribution in [0.1, 0.15) is 10.4 Å². The average molecular weight is 204 g/mol. The molecule has 0 spiro atoms. The van der Waals surface area contributed by atoms with Crippen molar-refractivity contribution < 1.29 is 4.79 Å². The molecule has 0 saturated heterocycles. The number of carbonyl (C=O) groups excluding carboxylic acids is 1. The van der Waals surface area contributed by atoms with Crippen LogP contribution in [0.4, 0.5) is 0 Å². The molecular weight excluding hydrogens is 190 g/mol. The minimum Gasteiger partial charge on any atom is -0.439 e. The van der Waals surface area contributed by atoms with Crippen LogP contribution in [0.15, 0.2) is 0 Å². The van der Waals surface area contributed by atoms with Crippen LogP contribution in [-0.4, -0.2) is 65.8 Å². The first-order valence-electron chi connectivity index (χ1n) is 5.57. The number of rotatable bonds is 1. The van der Waals surface area contributed by atoms with Gasteiger partial charge in [-0.25, -0.2) is 0 Å². The number of hydrogen-bond donors (Lipinski definition) is 0. The predicted octanol–water partition coefficient (Wildman–Crippen LogP) is -9.48. The zero-order valence-electron chi connectivity index (χ0n) is 11.4. The molecule has 0 heterocycles. The van der Waals surface area contributed by atoms with Crippen molar-refractivity contribution in [2.24, 2.45) is 0 Å². The van der Waals surface area contributed by atoms with Crippen LogP contribution in [0.25, 0.3) is 0 Å². The first kappa shape index (κ1) is 13.2. The standard InChI is InChI=1S/C7H14B7NO/c8-2-1(7(16)15(13)14)3(9)5(11)6(12)4(2)10/h8-14H2. The maximum absolute atomic E-state index is 12.1. The van der Waals surface area contributed by atoms with Gasteiger partial charge in [0, 0.05) is 5.56 Å². The Morgan fingerprint density at radius 1 is 0.750 bits per heavy atom.